The molecule has 2 nitrogen and oxygen atoms in total. The van der Waals surface area contributed by atoms with Gasteiger partial charge in [0.05, 0.1) is 5.56 Å². The Bertz CT molecular complexity index is 409. The highest BCUT2D eigenvalue weighted by molar-refractivity contribution is 9.10. The summed E-state index contributed by atoms with van der Waals surface area (Å²) in [6.07, 6.45) is 0. The predicted molar refractivity (Wildman–Crippen MR) is 74.0 cm³/mol. The van der Waals surface area contributed by atoms with Crippen LogP contribution in [0.2, 0.25) is 0 Å². The molecule has 1 rings (SSSR count). The molecule has 1 atom stereocenters. The van der Waals surface area contributed by atoms with Crippen molar-refractivity contribution in [2.24, 2.45) is 5.92 Å². The van der Waals surface area contributed by atoms with Crippen LogP contribution in [0.15, 0.2) is 22.7 Å². The molecule has 1 unspecified atom stereocenters. The maximum Gasteiger partial charge on any atom is 0.252 e. The number of carbonyl (C=O) groups excluding carboxylic acids is 1. The molecule has 17 heavy (non-hydrogen) atoms. The van der Waals surface area contributed by atoms with Crippen molar-refractivity contribution in [3.8, 4) is 0 Å². The highest BCUT2D eigenvalue weighted by atomic mass is 79.9. The summed E-state index contributed by atoms with van der Waals surface area (Å²) in [6.45, 7) is 4.63. The summed E-state index contributed by atoms with van der Waals surface area (Å²) in [5.74, 6) is -0.273. The summed E-state index contributed by atoms with van der Waals surface area (Å²) in [7, 11) is 0. The Kier molecular flexibility index (Phi) is 5.59. The van der Waals surface area contributed by atoms with Crippen molar-refractivity contribution in [1.82, 2.24) is 5.32 Å². The monoisotopic (exact) mass is 365 g/mol. The lowest BCUT2D eigenvalue weighted by molar-refractivity contribution is 0.0951. The fourth-order valence-corrected chi connectivity index (χ4v) is 1.78. The molecule has 1 amide bonds. The third-order valence-corrected chi connectivity index (χ3v) is 4.43. The van der Waals surface area contributed by atoms with Crippen LogP contribution in [0.1, 0.15) is 24.2 Å². The summed E-state index contributed by atoms with van der Waals surface area (Å²) >= 11 is 6.70. The van der Waals surface area contributed by atoms with Gasteiger partial charge in [-0.2, -0.15) is 0 Å². The molecule has 0 bridgehead atoms. The van der Waals surface area contributed by atoms with Crippen molar-refractivity contribution >= 4 is 37.8 Å². The first-order valence-electron chi connectivity index (χ1n) is 5.29. The second-order valence-corrected chi connectivity index (χ2v) is 6.12. The Morgan fingerprint density at radius 3 is 2.71 bits per heavy atom. The lowest BCUT2D eigenvalue weighted by Crippen LogP contribution is -2.31. The van der Waals surface area contributed by atoms with E-state index in [0.29, 0.717) is 22.5 Å². The zero-order chi connectivity index (χ0) is 13.0. The fraction of sp³-hybridized carbons (Fsp3) is 0.417. The summed E-state index contributed by atoms with van der Waals surface area (Å²) in [5.41, 5.74) is 0.313. The van der Waals surface area contributed by atoms with Crippen LogP contribution < -0.4 is 5.32 Å². The van der Waals surface area contributed by atoms with E-state index in [1.165, 1.54) is 18.2 Å². The average molecular weight is 367 g/mol. The Balaban J connectivity index is 2.67. The van der Waals surface area contributed by atoms with E-state index in [9.17, 15) is 9.18 Å². The molecule has 1 aromatic carbocycles. The van der Waals surface area contributed by atoms with Gasteiger partial charge in [-0.3, -0.25) is 4.79 Å². The van der Waals surface area contributed by atoms with E-state index in [-0.39, 0.29) is 10.7 Å². The van der Waals surface area contributed by atoms with E-state index in [1.807, 2.05) is 0 Å². The highest BCUT2D eigenvalue weighted by Crippen LogP contribution is 2.18. The van der Waals surface area contributed by atoms with Crippen molar-refractivity contribution in [3.05, 3.63) is 34.1 Å². The molecule has 0 aromatic heterocycles. The van der Waals surface area contributed by atoms with Crippen molar-refractivity contribution in [3.63, 3.8) is 0 Å². The van der Waals surface area contributed by atoms with Gasteiger partial charge >= 0.3 is 0 Å². The van der Waals surface area contributed by atoms with E-state index in [2.05, 4.69) is 51.0 Å². The molecule has 1 N–H and O–H groups in total. The highest BCUT2D eigenvalue weighted by Gasteiger charge is 2.14. The Morgan fingerprint density at radius 2 is 2.12 bits per heavy atom. The largest absolute Gasteiger partial charge is 0.351 e. The van der Waals surface area contributed by atoms with Crippen molar-refractivity contribution in [2.75, 3.05) is 6.54 Å². The number of alkyl halides is 1. The number of amides is 1. The minimum absolute atomic E-state index is 0.207. The minimum Gasteiger partial charge on any atom is -0.351 e. The molecule has 0 fully saturated rings. The molecule has 0 aliphatic carbocycles. The van der Waals surface area contributed by atoms with Crippen LogP contribution in [0.4, 0.5) is 4.39 Å². The lowest BCUT2D eigenvalue weighted by Gasteiger charge is -2.14. The molecule has 0 spiro atoms. The Morgan fingerprint density at radius 1 is 1.47 bits per heavy atom. The zero-order valence-electron chi connectivity index (χ0n) is 9.64. The van der Waals surface area contributed by atoms with Crippen LogP contribution in [-0.2, 0) is 0 Å². The lowest BCUT2D eigenvalue weighted by atomic mass is 10.1. The van der Waals surface area contributed by atoms with E-state index in [1.54, 1.807) is 0 Å². The normalized spacial score (nSPS) is 12.6. The molecule has 0 aliphatic heterocycles. The first-order chi connectivity index (χ1) is 7.91. The van der Waals surface area contributed by atoms with Crippen LogP contribution in [0.5, 0.6) is 0 Å². The van der Waals surface area contributed by atoms with Crippen molar-refractivity contribution < 1.29 is 9.18 Å². The number of hydrogen-bond donors (Lipinski definition) is 1. The Hall–Kier alpha value is -0.420. The number of halogens is 3. The number of carbonyl (C=O) groups is 1. The third kappa shape index (κ3) is 4.39. The fourth-order valence-electron chi connectivity index (χ4n) is 1.19. The molecular weight excluding hydrogens is 353 g/mol. The van der Waals surface area contributed by atoms with Gasteiger partial charge in [-0.15, -0.1) is 0 Å². The second kappa shape index (κ2) is 6.50. The van der Waals surface area contributed by atoms with Gasteiger partial charge in [0.25, 0.3) is 5.91 Å². The van der Waals surface area contributed by atoms with Gasteiger partial charge in [0, 0.05) is 15.8 Å². The Labute approximate surface area is 117 Å². The van der Waals surface area contributed by atoms with Gasteiger partial charge in [0.1, 0.15) is 5.82 Å². The van der Waals surface area contributed by atoms with Gasteiger partial charge in [-0.25, -0.2) is 4.39 Å². The molecular formula is C12H14Br2FNO. The average Bonchev–Trinajstić information content (AvgIpc) is 2.28. The topological polar surface area (TPSA) is 29.1 Å². The quantitative estimate of drug-likeness (QED) is 0.808. The van der Waals surface area contributed by atoms with Gasteiger partial charge < -0.3 is 5.32 Å². The minimum atomic E-state index is -0.419. The van der Waals surface area contributed by atoms with Crippen molar-refractivity contribution in [1.29, 1.82) is 0 Å². The molecule has 5 heteroatoms. The second-order valence-electron chi connectivity index (χ2n) is 4.09. The van der Waals surface area contributed by atoms with Crippen LogP contribution in [0.25, 0.3) is 0 Å². The number of benzene rings is 1. The van der Waals surface area contributed by atoms with Gasteiger partial charge in [-0.05, 0) is 40.0 Å². The molecule has 94 valence electrons. The van der Waals surface area contributed by atoms with E-state index >= 15 is 0 Å². The number of hydrogen-bond acceptors (Lipinski definition) is 1. The predicted octanol–water partition coefficient (Wildman–Crippen LogP) is 3.74. The third-order valence-electron chi connectivity index (χ3n) is 2.35. The van der Waals surface area contributed by atoms with Crippen LogP contribution >= 0.6 is 31.9 Å². The SMILES string of the molecule is CC(C)C(Br)CNC(=O)c1cc(F)ccc1Br. The van der Waals surface area contributed by atoms with Crippen molar-refractivity contribution in [2.45, 2.75) is 18.7 Å². The summed E-state index contributed by atoms with van der Waals surface area (Å²) < 4.78 is 13.6. The first-order valence-corrected chi connectivity index (χ1v) is 7.00. The van der Waals surface area contributed by atoms with Gasteiger partial charge in [0.2, 0.25) is 0 Å². The molecule has 0 radical (unpaired) electrons. The summed E-state index contributed by atoms with van der Waals surface area (Å²) in [6, 6.07) is 4.05. The van der Waals surface area contributed by atoms with Crippen LogP contribution in [0.3, 0.4) is 0 Å². The summed E-state index contributed by atoms with van der Waals surface area (Å²) in [4.78, 5) is 12.0. The van der Waals surface area contributed by atoms with E-state index < -0.39 is 5.82 Å². The molecule has 0 saturated carbocycles. The first kappa shape index (κ1) is 14.6. The summed E-state index contributed by atoms with van der Waals surface area (Å²) in [5, 5.41) is 2.77. The standard InChI is InChI=1S/C12H14Br2FNO/c1-7(2)11(14)6-16-12(17)9-5-8(15)3-4-10(9)13/h3-5,7,11H,6H2,1-2H3,(H,16,17). The van der Waals surface area contributed by atoms with E-state index in [0.717, 1.165) is 0 Å². The zero-order valence-corrected chi connectivity index (χ0v) is 12.8. The maximum absolute atomic E-state index is 13.0. The number of rotatable bonds is 4. The molecule has 0 heterocycles. The smallest absolute Gasteiger partial charge is 0.252 e. The van der Waals surface area contributed by atoms with E-state index in [4.69, 9.17) is 0 Å². The number of nitrogens with one attached hydrogen (secondary N) is 1. The van der Waals surface area contributed by atoms with Gasteiger partial charge in [-0.1, -0.05) is 29.8 Å². The van der Waals surface area contributed by atoms with Crippen LogP contribution in [0, 0.1) is 11.7 Å². The molecule has 0 saturated heterocycles. The molecule has 1 aromatic rings. The molecule has 0 aliphatic rings. The maximum atomic E-state index is 13.0. The van der Waals surface area contributed by atoms with Crippen LogP contribution in [-0.4, -0.2) is 17.3 Å². The van der Waals surface area contributed by atoms with Gasteiger partial charge in [0.15, 0.2) is 0 Å².